The molecule has 7 heteroatoms. The maximum absolute atomic E-state index is 11.6. The Morgan fingerprint density at radius 1 is 1.30 bits per heavy atom. The number of aromatic carboxylic acids is 1. The standard InChI is InChI=1S/C13H19N3O4/c1-16(2)7-3-6-14-13(20)15-11-5-4-9(17)8-10(11)12(18)19/h4-5,8,17H,3,6-7H2,1-2H3,(H,18,19)(H2,14,15,20). The van der Waals surface area contributed by atoms with Crippen LogP contribution in [0.25, 0.3) is 0 Å². The Morgan fingerprint density at radius 3 is 2.60 bits per heavy atom. The van der Waals surface area contributed by atoms with Crippen molar-refractivity contribution in [3.63, 3.8) is 0 Å². The summed E-state index contributed by atoms with van der Waals surface area (Å²) >= 11 is 0. The summed E-state index contributed by atoms with van der Waals surface area (Å²) in [6.07, 6.45) is 0.793. The van der Waals surface area contributed by atoms with Gasteiger partial charge in [-0.15, -0.1) is 0 Å². The maximum Gasteiger partial charge on any atom is 0.337 e. The van der Waals surface area contributed by atoms with E-state index in [1.54, 1.807) is 0 Å². The van der Waals surface area contributed by atoms with Crippen molar-refractivity contribution in [2.75, 3.05) is 32.5 Å². The Morgan fingerprint density at radius 2 is 2.00 bits per heavy atom. The number of aromatic hydroxyl groups is 1. The fourth-order valence-corrected chi connectivity index (χ4v) is 1.58. The fraction of sp³-hybridized carbons (Fsp3) is 0.385. The number of hydrogen-bond acceptors (Lipinski definition) is 4. The van der Waals surface area contributed by atoms with Gasteiger partial charge >= 0.3 is 12.0 Å². The average Bonchev–Trinajstić information content (AvgIpc) is 2.36. The third-order valence-corrected chi connectivity index (χ3v) is 2.55. The van der Waals surface area contributed by atoms with E-state index >= 15 is 0 Å². The zero-order chi connectivity index (χ0) is 15.1. The number of carbonyl (C=O) groups excluding carboxylic acids is 1. The number of phenols is 1. The zero-order valence-electron chi connectivity index (χ0n) is 11.5. The molecule has 0 unspecified atom stereocenters. The highest BCUT2D eigenvalue weighted by Crippen LogP contribution is 2.21. The summed E-state index contributed by atoms with van der Waals surface area (Å²) in [5.41, 5.74) is -0.0196. The Balaban J connectivity index is 2.55. The molecular formula is C13H19N3O4. The summed E-state index contributed by atoms with van der Waals surface area (Å²) in [6.45, 7) is 1.34. The largest absolute Gasteiger partial charge is 0.508 e. The molecule has 20 heavy (non-hydrogen) atoms. The van der Waals surface area contributed by atoms with E-state index in [0.717, 1.165) is 19.0 Å². The van der Waals surface area contributed by atoms with E-state index in [9.17, 15) is 14.7 Å². The number of nitrogens with one attached hydrogen (secondary N) is 2. The van der Waals surface area contributed by atoms with Crippen molar-refractivity contribution in [3.05, 3.63) is 23.8 Å². The number of carboxylic acid groups (broad SMARTS) is 1. The van der Waals surface area contributed by atoms with Gasteiger partial charge in [0.05, 0.1) is 11.3 Å². The lowest BCUT2D eigenvalue weighted by Gasteiger charge is -2.12. The van der Waals surface area contributed by atoms with Gasteiger partial charge in [-0.3, -0.25) is 0 Å². The number of urea groups is 1. The fourth-order valence-electron chi connectivity index (χ4n) is 1.58. The first-order valence-electron chi connectivity index (χ1n) is 6.16. The van der Waals surface area contributed by atoms with Crippen molar-refractivity contribution in [2.24, 2.45) is 0 Å². The highest BCUT2D eigenvalue weighted by molar-refractivity contribution is 6.00. The highest BCUT2D eigenvalue weighted by Gasteiger charge is 2.13. The Bertz CT molecular complexity index is 489. The lowest BCUT2D eigenvalue weighted by atomic mass is 10.1. The third-order valence-electron chi connectivity index (χ3n) is 2.55. The first-order valence-corrected chi connectivity index (χ1v) is 6.16. The quantitative estimate of drug-likeness (QED) is 0.463. The molecule has 1 aromatic rings. The second-order valence-electron chi connectivity index (χ2n) is 4.57. The van der Waals surface area contributed by atoms with E-state index in [-0.39, 0.29) is 17.0 Å². The minimum absolute atomic E-state index is 0.139. The molecule has 1 aromatic carbocycles. The molecule has 0 bridgehead atoms. The number of carboxylic acids is 1. The Hall–Kier alpha value is -2.28. The van der Waals surface area contributed by atoms with E-state index in [1.165, 1.54) is 12.1 Å². The van der Waals surface area contributed by atoms with Crippen LogP contribution in [0.15, 0.2) is 18.2 Å². The first-order chi connectivity index (χ1) is 9.40. The predicted octanol–water partition coefficient (Wildman–Crippen LogP) is 1.16. The van der Waals surface area contributed by atoms with Gasteiger partial charge in [0.15, 0.2) is 0 Å². The average molecular weight is 281 g/mol. The van der Waals surface area contributed by atoms with Gasteiger partial charge in [-0.2, -0.15) is 0 Å². The summed E-state index contributed by atoms with van der Waals surface area (Å²) in [6, 6.07) is 3.27. The van der Waals surface area contributed by atoms with Crippen LogP contribution >= 0.6 is 0 Å². The molecule has 1 rings (SSSR count). The first kappa shape index (κ1) is 15.8. The lowest BCUT2D eigenvalue weighted by Crippen LogP contribution is -2.31. The molecule has 0 spiro atoms. The minimum atomic E-state index is -1.22. The number of hydrogen-bond donors (Lipinski definition) is 4. The van der Waals surface area contributed by atoms with Gasteiger partial charge in [0, 0.05) is 6.54 Å². The molecule has 0 aromatic heterocycles. The van der Waals surface area contributed by atoms with Crippen LogP contribution in [0.3, 0.4) is 0 Å². The molecule has 0 atom stereocenters. The number of phenolic OH excluding ortho intramolecular Hbond substituents is 1. The second kappa shape index (κ2) is 7.34. The van der Waals surface area contributed by atoms with Crippen molar-refractivity contribution in [3.8, 4) is 5.75 Å². The van der Waals surface area contributed by atoms with Gasteiger partial charge in [0.1, 0.15) is 5.75 Å². The molecule has 0 aliphatic carbocycles. The van der Waals surface area contributed by atoms with Crippen molar-refractivity contribution in [2.45, 2.75) is 6.42 Å². The topological polar surface area (TPSA) is 102 Å². The van der Waals surface area contributed by atoms with E-state index in [4.69, 9.17) is 5.11 Å². The Kier molecular flexibility index (Phi) is 5.79. The van der Waals surface area contributed by atoms with Crippen LogP contribution in [-0.4, -0.2) is 54.3 Å². The molecule has 2 amide bonds. The van der Waals surface area contributed by atoms with E-state index in [1.807, 2.05) is 19.0 Å². The van der Waals surface area contributed by atoms with Crippen molar-refractivity contribution in [1.82, 2.24) is 10.2 Å². The van der Waals surface area contributed by atoms with E-state index < -0.39 is 12.0 Å². The van der Waals surface area contributed by atoms with Crippen LogP contribution in [0.2, 0.25) is 0 Å². The number of anilines is 1. The molecule has 0 heterocycles. The summed E-state index contributed by atoms with van der Waals surface area (Å²) in [5.74, 6) is -1.39. The molecule has 0 fully saturated rings. The summed E-state index contributed by atoms with van der Waals surface area (Å²) in [7, 11) is 3.88. The van der Waals surface area contributed by atoms with Crippen LogP contribution in [0.4, 0.5) is 10.5 Å². The van der Waals surface area contributed by atoms with Gasteiger partial charge < -0.3 is 25.7 Å². The van der Waals surface area contributed by atoms with Crippen LogP contribution in [-0.2, 0) is 0 Å². The van der Waals surface area contributed by atoms with Gasteiger partial charge in [-0.1, -0.05) is 0 Å². The van der Waals surface area contributed by atoms with E-state index in [0.29, 0.717) is 6.54 Å². The SMILES string of the molecule is CN(C)CCCNC(=O)Nc1ccc(O)cc1C(=O)O. The van der Waals surface area contributed by atoms with Gasteiger partial charge in [0.25, 0.3) is 0 Å². The summed E-state index contributed by atoms with van der Waals surface area (Å²) < 4.78 is 0. The second-order valence-corrected chi connectivity index (χ2v) is 4.57. The van der Waals surface area contributed by atoms with Crippen molar-refractivity contribution in [1.29, 1.82) is 0 Å². The highest BCUT2D eigenvalue weighted by atomic mass is 16.4. The Labute approximate surface area is 117 Å². The van der Waals surface area contributed by atoms with Gasteiger partial charge in [0.2, 0.25) is 0 Å². The summed E-state index contributed by atoms with van der Waals surface area (Å²) in [4.78, 5) is 24.6. The van der Waals surface area contributed by atoms with Gasteiger partial charge in [-0.05, 0) is 45.3 Å². The number of carbonyl (C=O) groups is 2. The monoisotopic (exact) mass is 281 g/mol. The molecule has 0 saturated carbocycles. The smallest absolute Gasteiger partial charge is 0.337 e. The lowest BCUT2D eigenvalue weighted by molar-refractivity contribution is 0.0697. The van der Waals surface area contributed by atoms with Crippen molar-refractivity contribution < 1.29 is 19.8 Å². The van der Waals surface area contributed by atoms with Crippen LogP contribution < -0.4 is 10.6 Å². The predicted molar refractivity (Wildman–Crippen MR) is 75.3 cm³/mol. The number of benzene rings is 1. The third kappa shape index (κ3) is 5.15. The van der Waals surface area contributed by atoms with Gasteiger partial charge in [-0.25, -0.2) is 9.59 Å². The molecule has 0 radical (unpaired) electrons. The number of amides is 2. The number of rotatable bonds is 6. The normalized spacial score (nSPS) is 10.3. The molecule has 0 aliphatic heterocycles. The molecule has 0 aliphatic rings. The molecular weight excluding hydrogens is 262 g/mol. The molecule has 7 nitrogen and oxygen atoms in total. The minimum Gasteiger partial charge on any atom is -0.508 e. The molecule has 0 saturated heterocycles. The molecule has 4 N–H and O–H groups in total. The zero-order valence-corrected chi connectivity index (χ0v) is 11.5. The maximum atomic E-state index is 11.6. The van der Waals surface area contributed by atoms with Crippen LogP contribution in [0.5, 0.6) is 5.75 Å². The van der Waals surface area contributed by atoms with E-state index in [2.05, 4.69) is 10.6 Å². The van der Waals surface area contributed by atoms with Crippen LogP contribution in [0, 0.1) is 0 Å². The number of nitrogens with zero attached hydrogens (tertiary/aromatic N) is 1. The van der Waals surface area contributed by atoms with Crippen molar-refractivity contribution >= 4 is 17.7 Å². The molecule has 110 valence electrons. The summed E-state index contributed by atoms with van der Waals surface area (Å²) in [5, 5.41) is 23.3. The van der Waals surface area contributed by atoms with Crippen LogP contribution in [0.1, 0.15) is 16.8 Å².